The third-order valence-electron chi connectivity index (χ3n) is 2.61. The first-order chi connectivity index (χ1) is 6.68. The third-order valence-corrected chi connectivity index (χ3v) is 3.47. The van der Waals surface area contributed by atoms with Crippen molar-refractivity contribution < 1.29 is 9.90 Å². The predicted octanol–water partition coefficient (Wildman–Crippen LogP) is 0.974. The van der Waals surface area contributed by atoms with Gasteiger partial charge in [-0.1, -0.05) is 0 Å². The van der Waals surface area contributed by atoms with Crippen LogP contribution < -0.4 is 0 Å². The number of carboxylic acids is 1. The van der Waals surface area contributed by atoms with Crippen molar-refractivity contribution in [1.29, 1.82) is 0 Å². The number of aromatic nitrogens is 1. The molecule has 2 rings (SSSR count). The highest BCUT2D eigenvalue weighted by molar-refractivity contribution is 7.09. The van der Waals surface area contributed by atoms with Crippen molar-refractivity contribution in [3.63, 3.8) is 0 Å². The van der Waals surface area contributed by atoms with Crippen LogP contribution in [0.3, 0.4) is 0 Å². The molecule has 0 radical (unpaired) electrons. The average Bonchev–Trinajstić information content (AvgIpc) is 2.62. The van der Waals surface area contributed by atoms with E-state index in [-0.39, 0.29) is 0 Å². The number of rotatable bonds is 2. The highest BCUT2D eigenvalue weighted by Gasteiger charge is 2.25. The van der Waals surface area contributed by atoms with Gasteiger partial charge >= 0.3 is 5.97 Å². The van der Waals surface area contributed by atoms with Gasteiger partial charge in [0.25, 0.3) is 0 Å². The second kappa shape index (κ2) is 3.67. The quantitative estimate of drug-likeness (QED) is 0.793. The fourth-order valence-corrected chi connectivity index (χ4v) is 2.46. The average molecular weight is 212 g/mol. The molecule has 76 valence electrons. The number of hydrogen-bond donors (Lipinski definition) is 1. The monoisotopic (exact) mass is 212 g/mol. The number of carbonyl (C=O) groups is 1. The van der Waals surface area contributed by atoms with E-state index >= 15 is 0 Å². The summed E-state index contributed by atoms with van der Waals surface area (Å²) in [7, 11) is 0. The normalized spacial score (nSPS) is 18.9. The van der Waals surface area contributed by atoms with Gasteiger partial charge in [0, 0.05) is 24.4 Å². The Balaban J connectivity index is 2.11. The minimum Gasteiger partial charge on any atom is -0.480 e. The minimum absolute atomic E-state index is 0.398. The van der Waals surface area contributed by atoms with Gasteiger partial charge in [0.2, 0.25) is 0 Å². The zero-order chi connectivity index (χ0) is 10.1. The molecule has 5 heteroatoms. The lowest BCUT2D eigenvalue weighted by Crippen LogP contribution is -2.41. The molecule has 0 aromatic carbocycles. The van der Waals surface area contributed by atoms with Gasteiger partial charge in [-0.05, 0) is 6.92 Å². The van der Waals surface area contributed by atoms with Crippen molar-refractivity contribution in [3.05, 3.63) is 16.1 Å². The second-order valence-corrected chi connectivity index (χ2v) is 4.40. The van der Waals surface area contributed by atoms with Crippen LogP contribution in [0.4, 0.5) is 0 Å². The van der Waals surface area contributed by atoms with E-state index < -0.39 is 12.0 Å². The summed E-state index contributed by atoms with van der Waals surface area (Å²) in [6, 6.07) is -0.398. The number of aliphatic carboxylic acids is 1. The van der Waals surface area contributed by atoms with E-state index in [1.54, 1.807) is 18.3 Å². The summed E-state index contributed by atoms with van der Waals surface area (Å²) in [5.41, 5.74) is 2.98. The second-order valence-electron chi connectivity index (χ2n) is 3.46. The molecule has 1 unspecified atom stereocenters. The highest BCUT2D eigenvalue weighted by atomic mass is 32.1. The molecule has 1 atom stereocenters. The van der Waals surface area contributed by atoms with Crippen LogP contribution in [0.25, 0.3) is 0 Å². The Morgan fingerprint density at radius 3 is 3.29 bits per heavy atom. The van der Waals surface area contributed by atoms with E-state index in [2.05, 4.69) is 4.98 Å². The maximum absolute atomic E-state index is 10.8. The molecule has 2 heterocycles. The molecule has 0 bridgehead atoms. The van der Waals surface area contributed by atoms with Gasteiger partial charge in [-0.2, -0.15) is 0 Å². The van der Waals surface area contributed by atoms with Crippen molar-refractivity contribution >= 4 is 17.3 Å². The van der Waals surface area contributed by atoms with Crippen LogP contribution >= 0.6 is 11.3 Å². The summed E-state index contributed by atoms with van der Waals surface area (Å²) >= 11 is 1.61. The van der Waals surface area contributed by atoms with Crippen LogP contribution in [0.1, 0.15) is 17.5 Å². The van der Waals surface area contributed by atoms with Gasteiger partial charge in [-0.25, -0.2) is 4.98 Å². The molecule has 1 aromatic rings. The molecule has 0 saturated carbocycles. The van der Waals surface area contributed by atoms with Crippen molar-refractivity contribution in [3.8, 4) is 0 Å². The van der Waals surface area contributed by atoms with Gasteiger partial charge in [0.15, 0.2) is 0 Å². The van der Waals surface area contributed by atoms with Crippen LogP contribution in [-0.4, -0.2) is 33.5 Å². The summed E-state index contributed by atoms with van der Waals surface area (Å²) < 4.78 is 0. The largest absolute Gasteiger partial charge is 0.480 e. The summed E-state index contributed by atoms with van der Waals surface area (Å²) in [6.07, 6.45) is 0.871. The van der Waals surface area contributed by atoms with E-state index in [0.29, 0.717) is 0 Å². The van der Waals surface area contributed by atoms with Crippen LogP contribution in [0, 0.1) is 0 Å². The SMILES string of the molecule is CC(C(=O)O)N1CCc2ncsc2C1. The maximum atomic E-state index is 10.8. The number of hydrogen-bond acceptors (Lipinski definition) is 4. The number of carboxylic acid groups (broad SMARTS) is 1. The lowest BCUT2D eigenvalue weighted by Gasteiger charge is -2.29. The van der Waals surface area contributed by atoms with Gasteiger partial charge in [0.1, 0.15) is 6.04 Å². The molecule has 1 N–H and O–H groups in total. The Morgan fingerprint density at radius 2 is 2.57 bits per heavy atom. The number of nitrogens with zero attached hydrogens (tertiary/aromatic N) is 2. The molecular weight excluding hydrogens is 200 g/mol. The van der Waals surface area contributed by atoms with Crippen LogP contribution in [-0.2, 0) is 17.8 Å². The summed E-state index contributed by atoms with van der Waals surface area (Å²) in [5, 5.41) is 8.88. The van der Waals surface area contributed by atoms with Crippen LogP contribution in [0.15, 0.2) is 5.51 Å². The van der Waals surface area contributed by atoms with Gasteiger partial charge in [0.05, 0.1) is 11.2 Å². The molecule has 14 heavy (non-hydrogen) atoms. The lowest BCUT2D eigenvalue weighted by atomic mass is 10.1. The van der Waals surface area contributed by atoms with E-state index in [9.17, 15) is 4.79 Å². The van der Waals surface area contributed by atoms with Crippen molar-refractivity contribution in [1.82, 2.24) is 9.88 Å². The smallest absolute Gasteiger partial charge is 0.320 e. The summed E-state index contributed by atoms with van der Waals surface area (Å²) in [5.74, 6) is -0.752. The molecule has 1 aromatic heterocycles. The minimum atomic E-state index is -0.752. The Kier molecular flexibility index (Phi) is 2.52. The first-order valence-electron chi connectivity index (χ1n) is 4.56. The predicted molar refractivity (Wildman–Crippen MR) is 53.3 cm³/mol. The number of thiazole rings is 1. The van der Waals surface area contributed by atoms with Crippen molar-refractivity contribution in [2.24, 2.45) is 0 Å². The Hall–Kier alpha value is -0.940. The Bertz CT molecular complexity index is 350. The molecule has 1 aliphatic rings. The fourth-order valence-electron chi connectivity index (χ4n) is 1.63. The third kappa shape index (κ3) is 1.65. The first kappa shape index (κ1) is 9.61. The topological polar surface area (TPSA) is 53.4 Å². The zero-order valence-corrected chi connectivity index (χ0v) is 8.75. The van der Waals surface area contributed by atoms with Gasteiger partial charge in [-0.3, -0.25) is 9.69 Å². The van der Waals surface area contributed by atoms with E-state index in [4.69, 9.17) is 5.11 Å². The maximum Gasteiger partial charge on any atom is 0.320 e. The van der Waals surface area contributed by atoms with Crippen molar-refractivity contribution in [2.75, 3.05) is 6.54 Å². The zero-order valence-electron chi connectivity index (χ0n) is 7.93. The van der Waals surface area contributed by atoms with Gasteiger partial charge in [-0.15, -0.1) is 11.3 Å². The lowest BCUT2D eigenvalue weighted by molar-refractivity contribution is -0.142. The standard InChI is InChI=1S/C9H12N2O2S/c1-6(9(12)13)11-3-2-7-8(4-11)14-5-10-7/h5-6H,2-4H2,1H3,(H,12,13). The van der Waals surface area contributed by atoms with E-state index in [1.807, 2.05) is 10.4 Å². The summed E-state index contributed by atoms with van der Waals surface area (Å²) in [6.45, 7) is 3.26. The molecule has 0 aliphatic carbocycles. The Labute approximate surface area is 86.2 Å². The molecule has 0 amide bonds. The van der Waals surface area contributed by atoms with E-state index in [0.717, 1.165) is 25.2 Å². The van der Waals surface area contributed by atoms with Gasteiger partial charge < -0.3 is 5.11 Å². The van der Waals surface area contributed by atoms with Crippen LogP contribution in [0.5, 0.6) is 0 Å². The van der Waals surface area contributed by atoms with Crippen LogP contribution in [0.2, 0.25) is 0 Å². The van der Waals surface area contributed by atoms with E-state index in [1.165, 1.54) is 4.88 Å². The first-order valence-corrected chi connectivity index (χ1v) is 5.44. The highest BCUT2D eigenvalue weighted by Crippen LogP contribution is 2.22. The fraction of sp³-hybridized carbons (Fsp3) is 0.556. The molecule has 4 nitrogen and oxygen atoms in total. The molecule has 1 aliphatic heterocycles. The molecular formula is C9H12N2O2S. The Morgan fingerprint density at radius 1 is 1.79 bits per heavy atom. The molecule has 0 fully saturated rings. The number of fused-ring (bicyclic) bond motifs is 1. The summed E-state index contributed by atoms with van der Waals surface area (Å²) in [4.78, 5) is 18.2. The van der Waals surface area contributed by atoms with Crippen molar-refractivity contribution in [2.45, 2.75) is 25.9 Å². The molecule has 0 saturated heterocycles. The molecule has 0 spiro atoms.